The lowest BCUT2D eigenvalue weighted by Gasteiger charge is -2.25. The normalized spacial score (nSPS) is 12.9. The van der Waals surface area contributed by atoms with Crippen LogP contribution >= 0.6 is 11.3 Å². The van der Waals surface area contributed by atoms with Crippen LogP contribution in [0.25, 0.3) is 10.6 Å². The number of benzene rings is 3. The van der Waals surface area contributed by atoms with Crippen LogP contribution in [0.1, 0.15) is 36.7 Å². The Morgan fingerprint density at radius 3 is 2.18 bits per heavy atom. The predicted molar refractivity (Wildman–Crippen MR) is 172 cm³/mol. The van der Waals surface area contributed by atoms with Crippen LogP contribution in [0.5, 0.6) is 0 Å². The van der Waals surface area contributed by atoms with E-state index in [1.807, 2.05) is 70.8 Å². The van der Waals surface area contributed by atoms with Crippen LogP contribution < -0.4 is 15.4 Å². The average molecular weight is 635 g/mol. The molecule has 2 atom stereocenters. The SMILES string of the molecule is C=CC(C)(C)OC(=O)N[C@@H](Cc1ccccc1)C(=O)N[C@@H](Cc1ccc(NS(=O)(=O)O)cc1)c1csc(-c2ccccc2)n1. The Hall–Kier alpha value is -4.52. The lowest BCUT2D eigenvalue weighted by atomic mass is 10.0. The quantitative estimate of drug-likeness (QED) is 0.109. The maximum Gasteiger partial charge on any atom is 0.408 e. The van der Waals surface area contributed by atoms with Crippen molar-refractivity contribution in [3.05, 3.63) is 120 Å². The molecule has 0 aliphatic rings. The van der Waals surface area contributed by atoms with E-state index in [0.29, 0.717) is 12.1 Å². The number of nitrogens with one attached hydrogen (secondary N) is 3. The molecule has 44 heavy (non-hydrogen) atoms. The predicted octanol–water partition coefficient (Wildman–Crippen LogP) is 5.73. The first-order valence-corrected chi connectivity index (χ1v) is 16.0. The van der Waals surface area contributed by atoms with Crippen molar-refractivity contribution < 1.29 is 27.3 Å². The monoisotopic (exact) mass is 634 g/mol. The number of carbonyl (C=O) groups excluding carboxylic acids is 2. The van der Waals surface area contributed by atoms with Crippen molar-refractivity contribution in [2.75, 3.05) is 4.72 Å². The Kier molecular flexibility index (Phi) is 10.5. The van der Waals surface area contributed by atoms with Crippen molar-refractivity contribution in [2.45, 2.75) is 44.4 Å². The summed E-state index contributed by atoms with van der Waals surface area (Å²) >= 11 is 1.44. The van der Waals surface area contributed by atoms with Gasteiger partial charge < -0.3 is 15.4 Å². The number of hydrogen-bond acceptors (Lipinski definition) is 7. The number of anilines is 1. The number of carbonyl (C=O) groups is 2. The van der Waals surface area contributed by atoms with Gasteiger partial charge in [0.25, 0.3) is 0 Å². The summed E-state index contributed by atoms with van der Waals surface area (Å²) in [5, 5.41) is 8.43. The molecule has 1 aromatic heterocycles. The number of amides is 2. The lowest BCUT2D eigenvalue weighted by molar-refractivity contribution is -0.124. The number of rotatable bonds is 13. The molecule has 0 bridgehead atoms. The molecule has 4 N–H and O–H groups in total. The Bertz CT molecular complexity index is 1670. The molecule has 0 saturated heterocycles. The van der Waals surface area contributed by atoms with Gasteiger partial charge in [0.1, 0.15) is 16.7 Å². The molecule has 2 amide bonds. The standard InChI is InChI=1S/C32H34N4O6S2/c1-4-32(2,3)42-31(38)35-27(20-22-11-7-5-8-12-22)29(37)33-26(19-23-15-17-25(18-16-23)36-44(39,40)41)28-21-43-30(34-28)24-13-9-6-10-14-24/h4-18,21,26-27,36H,1,19-20H2,2-3H3,(H,33,37)(H,35,38)(H,39,40,41)/t26-,27-/m0/s1. The van der Waals surface area contributed by atoms with Crippen LogP contribution in [0, 0.1) is 0 Å². The van der Waals surface area contributed by atoms with E-state index < -0.39 is 40.0 Å². The highest BCUT2D eigenvalue weighted by atomic mass is 32.2. The Morgan fingerprint density at radius 2 is 1.57 bits per heavy atom. The van der Waals surface area contributed by atoms with Gasteiger partial charge in [-0.3, -0.25) is 14.1 Å². The maximum absolute atomic E-state index is 13.8. The molecule has 230 valence electrons. The van der Waals surface area contributed by atoms with Gasteiger partial charge in [0.2, 0.25) is 5.91 Å². The zero-order valence-electron chi connectivity index (χ0n) is 24.3. The molecule has 0 fully saturated rings. The highest BCUT2D eigenvalue weighted by Crippen LogP contribution is 2.28. The highest BCUT2D eigenvalue weighted by Gasteiger charge is 2.28. The topological polar surface area (TPSA) is 147 Å². The molecule has 12 heteroatoms. The van der Waals surface area contributed by atoms with Crippen LogP contribution in [0.3, 0.4) is 0 Å². The minimum Gasteiger partial charge on any atom is -0.439 e. The van der Waals surface area contributed by atoms with Gasteiger partial charge >= 0.3 is 16.4 Å². The molecular weight excluding hydrogens is 601 g/mol. The van der Waals surface area contributed by atoms with E-state index >= 15 is 0 Å². The van der Waals surface area contributed by atoms with Crippen molar-refractivity contribution in [1.29, 1.82) is 0 Å². The van der Waals surface area contributed by atoms with Gasteiger partial charge in [0.05, 0.1) is 17.4 Å². The van der Waals surface area contributed by atoms with Crippen molar-refractivity contribution in [3.8, 4) is 10.6 Å². The molecule has 0 spiro atoms. The van der Waals surface area contributed by atoms with Crippen LogP contribution in [0.2, 0.25) is 0 Å². The van der Waals surface area contributed by atoms with E-state index in [1.165, 1.54) is 29.5 Å². The molecule has 0 aliphatic heterocycles. The molecular formula is C32H34N4O6S2. The summed E-state index contributed by atoms with van der Waals surface area (Å²) < 4.78 is 39.0. The summed E-state index contributed by atoms with van der Waals surface area (Å²) in [6.07, 6.45) is 1.26. The second-order valence-corrected chi connectivity index (χ2v) is 12.6. The van der Waals surface area contributed by atoms with Gasteiger partial charge in [0.15, 0.2) is 0 Å². The lowest BCUT2D eigenvalue weighted by Crippen LogP contribution is -2.50. The number of nitrogens with zero attached hydrogens (tertiary/aromatic N) is 1. The van der Waals surface area contributed by atoms with Gasteiger partial charge in [-0.25, -0.2) is 9.78 Å². The first-order chi connectivity index (χ1) is 20.9. The summed E-state index contributed by atoms with van der Waals surface area (Å²) in [6, 6.07) is 23.8. The van der Waals surface area contributed by atoms with Crippen LogP contribution in [0.15, 0.2) is 103 Å². The van der Waals surface area contributed by atoms with Crippen LogP contribution in [-0.2, 0) is 32.7 Å². The zero-order chi connectivity index (χ0) is 31.7. The molecule has 0 unspecified atom stereocenters. The summed E-state index contributed by atoms with van der Waals surface area (Å²) in [6.45, 7) is 7.06. The fraction of sp³-hybridized carbons (Fsp3) is 0.219. The van der Waals surface area contributed by atoms with Gasteiger partial charge in [0, 0.05) is 17.4 Å². The third-order valence-corrected chi connectivity index (χ3v) is 8.00. The molecule has 0 aliphatic carbocycles. The molecule has 1 heterocycles. The first kappa shape index (κ1) is 32.4. The summed E-state index contributed by atoms with van der Waals surface area (Å²) in [7, 11) is -4.42. The van der Waals surface area contributed by atoms with E-state index in [0.717, 1.165) is 21.7 Å². The Balaban J connectivity index is 1.61. The smallest absolute Gasteiger partial charge is 0.408 e. The minimum absolute atomic E-state index is 0.185. The van der Waals surface area contributed by atoms with Gasteiger partial charge in [-0.05, 0) is 49.6 Å². The fourth-order valence-corrected chi connectivity index (χ4v) is 5.58. The third-order valence-electron chi connectivity index (χ3n) is 6.60. The highest BCUT2D eigenvalue weighted by molar-refractivity contribution is 7.87. The Morgan fingerprint density at radius 1 is 0.955 bits per heavy atom. The number of thiazole rings is 1. The molecule has 4 aromatic rings. The summed E-state index contributed by atoms with van der Waals surface area (Å²) in [4.78, 5) is 31.5. The molecule has 4 rings (SSSR count). The fourth-order valence-electron chi connectivity index (χ4n) is 4.27. The number of aromatic nitrogens is 1. The second-order valence-electron chi connectivity index (χ2n) is 10.6. The van der Waals surface area contributed by atoms with Crippen molar-refractivity contribution in [2.24, 2.45) is 0 Å². The zero-order valence-corrected chi connectivity index (χ0v) is 25.9. The first-order valence-electron chi connectivity index (χ1n) is 13.7. The van der Waals surface area contributed by atoms with Crippen molar-refractivity contribution >= 4 is 39.3 Å². The summed E-state index contributed by atoms with van der Waals surface area (Å²) in [5.74, 6) is -0.439. The Labute approximate surface area is 261 Å². The van der Waals surface area contributed by atoms with Gasteiger partial charge in [-0.1, -0.05) is 79.4 Å². The van der Waals surface area contributed by atoms with Gasteiger partial charge in [-0.2, -0.15) is 8.42 Å². The van der Waals surface area contributed by atoms with E-state index in [4.69, 9.17) is 14.3 Å². The second kappa shape index (κ2) is 14.3. The summed E-state index contributed by atoms with van der Waals surface area (Å²) in [5.41, 5.74) is 2.41. The molecule has 0 saturated carbocycles. The van der Waals surface area contributed by atoms with E-state index in [2.05, 4.69) is 17.2 Å². The van der Waals surface area contributed by atoms with Crippen LogP contribution in [0.4, 0.5) is 10.5 Å². The van der Waals surface area contributed by atoms with E-state index in [1.54, 1.807) is 26.0 Å². The van der Waals surface area contributed by atoms with Crippen LogP contribution in [-0.4, -0.2) is 41.6 Å². The van der Waals surface area contributed by atoms with Crippen molar-refractivity contribution in [3.63, 3.8) is 0 Å². The van der Waals surface area contributed by atoms with E-state index in [9.17, 15) is 18.0 Å². The molecule has 0 radical (unpaired) electrons. The molecule has 10 nitrogen and oxygen atoms in total. The van der Waals surface area contributed by atoms with E-state index in [-0.39, 0.29) is 12.1 Å². The number of alkyl carbamates (subject to hydrolysis) is 1. The average Bonchev–Trinajstić information content (AvgIpc) is 3.48. The van der Waals surface area contributed by atoms with Crippen molar-refractivity contribution in [1.82, 2.24) is 15.6 Å². The minimum atomic E-state index is -4.42. The largest absolute Gasteiger partial charge is 0.439 e. The number of hydrogen-bond donors (Lipinski definition) is 4. The van der Waals surface area contributed by atoms with Gasteiger partial charge in [-0.15, -0.1) is 11.3 Å². The maximum atomic E-state index is 13.8. The molecule has 3 aromatic carbocycles. The number of ether oxygens (including phenoxy) is 1. The third kappa shape index (κ3) is 9.76.